The molecule has 0 aliphatic carbocycles. The summed E-state index contributed by atoms with van der Waals surface area (Å²) in [5, 5.41) is 0. The highest BCUT2D eigenvalue weighted by molar-refractivity contribution is 7.87. The predicted molar refractivity (Wildman–Crippen MR) is 76.5 cm³/mol. The van der Waals surface area contributed by atoms with Gasteiger partial charge in [-0.3, -0.25) is 0 Å². The van der Waals surface area contributed by atoms with E-state index in [1.165, 1.54) is 4.31 Å². The molecule has 0 saturated heterocycles. The number of rotatable bonds is 7. The Kier molecular flexibility index (Phi) is 5.78. The number of likely N-dealkylation sites (N-methyl/N-ethyl adjacent to an activating group) is 1. The molecule has 0 aliphatic rings. The van der Waals surface area contributed by atoms with Crippen molar-refractivity contribution in [1.29, 1.82) is 0 Å². The Balaban J connectivity index is 2.66. The van der Waals surface area contributed by atoms with Crippen LogP contribution < -0.4 is 9.46 Å². The Morgan fingerprint density at radius 1 is 1.32 bits per heavy atom. The van der Waals surface area contributed by atoms with Gasteiger partial charge in [-0.05, 0) is 31.9 Å². The second-order valence-electron chi connectivity index (χ2n) is 4.66. The lowest BCUT2D eigenvalue weighted by Gasteiger charge is -2.19. The van der Waals surface area contributed by atoms with Gasteiger partial charge in [-0.1, -0.05) is 18.2 Å². The van der Waals surface area contributed by atoms with Gasteiger partial charge in [0, 0.05) is 19.6 Å². The molecule has 6 heteroatoms. The molecule has 108 valence electrons. The summed E-state index contributed by atoms with van der Waals surface area (Å²) >= 11 is 0. The van der Waals surface area contributed by atoms with Crippen LogP contribution in [0.5, 0.6) is 5.75 Å². The van der Waals surface area contributed by atoms with Crippen LogP contribution >= 0.6 is 0 Å². The number of nitrogens with one attached hydrogen (secondary N) is 1. The zero-order valence-electron chi connectivity index (χ0n) is 11.9. The SMILES string of the molecule is COc1ccccc1CCN(C)S(=O)(=O)NC(C)C. The fourth-order valence-electron chi connectivity index (χ4n) is 1.70. The Hall–Kier alpha value is -1.11. The summed E-state index contributed by atoms with van der Waals surface area (Å²) < 4.78 is 32.9. The van der Waals surface area contributed by atoms with E-state index in [0.29, 0.717) is 13.0 Å². The first kappa shape index (κ1) is 15.9. The normalized spacial score (nSPS) is 12.1. The van der Waals surface area contributed by atoms with Gasteiger partial charge in [0.1, 0.15) is 5.75 Å². The highest BCUT2D eigenvalue weighted by atomic mass is 32.2. The Labute approximate surface area is 115 Å². The smallest absolute Gasteiger partial charge is 0.279 e. The summed E-state index contributed by atoms with van der Waals surface area (Å²) in [5.74, 6) is 0.783. The second-order valence-corrected chi connectivity index (χ2v) is 6.47. The van der Waals surface area contributed by atoms with Crippen LogP contribution in [0.2, 0.25) is 0 Å². The van der Waals surface area contributed by atoms with Crippen molar-refractivity contribution in [2.24, 2.45) is 0 Å². The van der Waals surface area contributed by atoms with Gasteiger partial charge < -0.3 is 4.74 Å². The maximum Gasteiger partial charge on any atom is 0.279 e. The van der Waals surface area contributed by atoms with E-state index in [1.807, 2.05) is 24.3 Å². The van der Waals surface area contributed by atoms with Crippen molar-refractivity contribution in [3.63, 3.8) is 0 Å². The number of benzene rings is 1. The van der Waals surface area contributed by atoms with Crippen molar-refractivity contribution >= 4 is 10.2 Å². The molecule has 0 amide bonds. The number of hydrogen-bond donors (Lipinski definition) is 1. The van der Waals surface area contributed by atoms with Gasteiger partial charge in [-0.25, -0.2) is 0 Å². The van der Waals surface area contributed by atoms with Crippen molar-refractivity contribution in [3.8, 4) is 5.75 Å². The zero-order valence-corrected chi connectivity index (χ0v) is 12.7. The molecule has 0 fully saturated rings. The lowest BCUT2D eigenvalue weighted by molar-refractivity contribution is 0.405. The van der Waals surface area contributed by atoms with Crippen LogP contribution in [0.15, 0.2) is 24.3 Å². The minimum absolute atomic E-state index is 0.112. The van der Waals surface area contributed by atoms with Crippen LogP contribution in [0.3, 0.4) is 0 Å². The molecular formula is C13H22N2O3S. The van der Waals surface area contributed by atoms with Gasteiger partial charge in [0.15, 0.2) is 0 Å². The largest absolute Gasteiger partial charge is 0.496 e. The van der Waals surface area contributed by atoms with Crippen LogP contribution in [0.1, 0.15) is 19.4 Å². The molecule has 0 aromatic heterocycles. The van der Waals surface area contributed by atoms with E-state index in [2.05, 4.69) is 4.72 Å². The Bertz CT molecular complexity index is 500. The summed E-state index contributed by atoms with van der Waals surface area (Å²) in [6, 6.07) is 7.51. The van der Waals surface area contributed by atoms with Crippen LogP contribution in [0.4, 0.5) is 0 Å². The molecule has 0 spiro atoms. The van der Waals surface area contributed by atoms with Crippen molar-refractivity contribution in [2.45, 2.75) is 26.3 Å². The molecule has 0 aliphatic heterocycles. The van der Waals surface area contributed by atoms with E-state index in [9.17, 15) is 8.42 Å². The van der Waals surface area contributed by atoms with Gasteiger partial charge >= 0.3 is 0 Å². The number of para-hydroxylation sites is 1. The molecule has 0 bridgehead atoms. The Morgan fingerprint density at radius 3 is 2.53 bits per heavy atom. The minimum Gasteiger partial charge on any atom is -0.496 e. The third kappa shape index (κ3) is 4.81. The standard InChI is InChI=1S/C13H22N2O3S/c1-11(2)14-19(16,17)15(3)10-9-12-7-5-6-8-13(12)18-4/h5-8,11,14H,9-10H2,1-4H3. The fraction of sp³-hybridized carbons (Fsp3) is 0.538. The van der Waals surface area contributed by atoms with E-state index >= 15 is 0 Å². The van der Waals surface area contributed by atoms with Gasteiger partial charge in [0.25, 0.3) is 10.2 Å². The first-order chi connectivity index (χ1) is 8.86. The molecule has 0 saturated carbocycles. The summed E-state index contributed by atoms with van der Waals surface area (Å²) in [4.78, 5) is 0. The van der Waals surface area contributed by atoms with E-state index < -0.39 is 10.2 Å². The topological polar surface area (TPSA) is 58.6 Å². The van der Waals surface area contributed by atoms with E-state index in [-0.39, 0.29) is 6.04 Å². The van der Waals surface area contributed by atoms with Crippen molar-refractivity contribution in [2.75, 3.05) is 20.7 Å². The lowest BCUT2D eigenvalue weighted by atomic mass is 10.1. The molecule has 0 atom stereocenters. The van der Waals surface area contributed by atoms with Crippen LogP contribution in [0.25, 0.3) is 0 Å². The molecule has 0 unspecified atom stereocenters. The first-order valence-corrected chi connectivity index (χ1v) is 7.66. The highest BCUT2D eigenvalue weighted by Gasteiger charge is 2.18. The minimum atomic E-state index is -3.41. The van der Waals surface area contributed by atoms with Crippen LogP contribution in [0, 0.1) is 0 Å². The van der Waals surface area contributed by atoms with Gasteiger partial charge in [0.05, 0.1) is 7.11 Å². The average Bonchev–Trinajstić information content (AvgIpc) is 2.34. The van der Waals surface area contributed by atoms with Crippen LogP contribution in [-0.2, 0) is 16.6 Å². The van der Waals surface area contributed by atoms with Crippen molar-refractivity contribution in [1.82, 2.24) is 9.03 Å². The van der Waals surface area contributed by atoms with Crippen molar-refractivity contribution in [3.05, 3.63) is 29.8 Å². The van der Waals surface area contributed by atoms with E-state index in [0.717, 1.165) is 11.3 Å². The monoisotopic (exact) mass is 286 g/mol. The number of ether oxygens (including phenoxy) is 1. The third-order valence-corrected chi connectivity index (χ3v) is 4.46. The summed E-state index contributed by atoms with van der Waals surface area (Å²) in [7, 11) is -0.226. The van der Waals surface area contributed by atoms with E-state index in [1.54, 1.807) is 28.0 Å². The van der Waals surface area contributed by atoms with Gasteiger partial charge in [-0.15, -0.1) is 0 Å². The predicted octanol–water partition coefficient (Wildman–Crippen LogP) is 1.41. The molecule has 0 radical (unpaired) electrons. The number of methoxy groups -OCH3 is 1. The van der Waals surface area contributed by atoms with Gasteiger partial charge in [-0.2, -0.15) is 17.4 Å². The summed E-state index contributed by atoms with van der Waals surface area (Å²) in [6.45, 7) is 4.00. The summed E-state index contributed by atoms with van der Waals surface area (Å²) in [6.07, 6.45) is 0.611. The highest BCUT2D eigenvalue weighted by Crippen LogP contribution is 2.18. The molecule has 1 N–H and O–H groups in total. The molecule has 1 rings (SSSR count). The lowest BCUT2D eigenvalue weighted by Crippen LogP contribution is -2.42. The number of hydrogen-bond acceptors (Lipinski definition) is 3. The number of nitrogens with zero attached hydrogens (tertiary/aromatic N) is 1. The molecule has 1 aromatic carbocycles. The van der Waals surface area contributed by atoms with Crippen molar-refractivity contribution < 1.29 is 13.2 Å². The quantitative estimate of drug-likeness (QED) is 0.824. The molecule has 0 heterocycles. The first-order valence-electron chi connectivity index (χ1n) is 6.22. The summed E-state index contributed by atoms with van der Waals surface area (Å²) in [5.41, 5.74) is 0.997. The molecule has 1 aromatic rings. The zero-order chi connectivity index (χ0) is 14.5. The Morgan fingerprint density at radius 2 is 1.95 bits per heavy atom. The maximum absolute atomic E-state index is 11.9. The molecule has 19 heavy (non-hydrogen) atoms. The maximum atomic E-state index is 11.9. The second kappa shape index (κ2) is 6.88. The van der Waals surface area contributed by atoms with Crippen LogP contribution in [-0.4, -0.2) is 39.5 Å². The molecule has 5 nitrogen and oxygen atoms in total. The van der Waals surface area contributed by atoms with E-state index in [4.69, 9.17) is 4.74 Å². The average molecular weight is 286 g/mol. The fourth-order valence-corrected chi connectivity index (χ4v) is 2.80. The third-order valence-electron chi connectivity index (χ3n) is 2.68. The molecular weight excluding hydrogens is 264 g/mol. The van der Waals surface area contributed by atoms with Gasteiger partial charge in [0.2, 0.25) is 0 Å².